The van der Waals surface area contributed by atoms with Gasteiger partial charge in [0.25, 0.3) is 5.91 Å². The lowest BCUT2D eigenvalue weighted by molar-refractivity contribution is -0.122. The van der Waals surface area contributed by atoms with Crippen LogP contribution in [0, 0.1) is 0 Å². The molecule has 1 aliphatic rings. The molecule has 4 rings (SSSR count). The summed E-state index contributed by atoms with van der Waals surface area (Å²) in [6.07, 6.45) is 2.37. The number of thiophene rings is 1. The van der Waals surface area contributed by atoms with Gasteiger partial charge in [-0.3, -0.25) is 9.59 Å². The van der Waals surface area contributed by atoms with Gasteiger partial charge in [-0.05, 0) is 41.1 Å². The molecule has 3 aromatic rings. The number of fused-ring (bicyclic) bond motifs is 1. The Balaban J connectivity index is 1.45. The smallest absolute Gasteiger partial charge is 0.265 e. The van der Waals surface area contributed by atoms with E-state index in [-0.39, 0.29) is 30.9 Å². The third-order valence-electron chi connectivity index (χ3n) is 5.36. The van der Waals surface area contributed by atoms with Gasteiger partial charge in [-0.1, -0.05) is 55.8 Å². The van der Waals surface area contributed by atoms with E-state index < -0.39 is 0 Å². The van der Waals surface area contributed by atoms with Gasteiger partial charge >= 0.3 is 0 Å². The molecular formula is C25H26N2O3S. The van der Waals surface area contributed by atoms with Gasteiger partial charge in [0, 0.05) is 17.8 Å². The molecule has 31 heavy (non-hydrogen) atoms. The quantitative estimate of drug-likeness (QED) is 0.558. The van der Waals surface area contributed by atoms with Gasteiger partial charge in [-0.15, -0.1) is 11.3 Å². The number of hydrogen-bond acceptors (Lipinski definition) is 4. The highest BCUT2D eigenvalue weighted by Crippen LogP contribution is 2.31. The van der Waals surface area contributed by atoms with Gasteiger partial charge in [0.2, 0.25) is 5.91 Å². The first-order valence-electron chi connectivity index (χ1n) is 10.6. The third-order valence-corrected chi connectivity index (χ3v) is 6.29. The van der Waals surface area contributed by atoms with Gasteiger partial charge in [-0.25, -0.2) is 0 Å². The number of benzene rings is 2. The normalized spacial score (nSPS) is 14.0. The van der Waals surface area contributed by atoms with Crippen molar-refractivity contribution in [3.05, 3.63) is 82.0 Å². The van der Waals surface area contributed by atoms with E-state index in [4.69, 9.17) is 4.74 Å². The van der Waals surface area contributed by atoms with Crippen LogP contribution in [0.2, 0.25) is 0 Å². The van der Waals surface area contributed by atoms with Crippen LogP contribution in [0.5, 0.6) is 5.75 Å². The molecule has 1 aromatic heterocycles. The molecular weight excluding hydrogens is 408 g/mol. The maximum atomic E-state index is 12.9. The molecule has 0 fully saturated rings. The molecule has 0 aliphatic carbocycles. The topological polar surface area (TPSA) is 58.6 Å². The zero-order valence-electron chi connectivity index (χ0n) is 17.5. The number of amides is 2. The summed E-state index contributed by atoms with van der Waals surface area (Å²) in [7, 11) is 0. The summed E-state index contributed by atoms with van der Waals surface area (Å²) >= 11 is 1.62. The molecule has 2 aromatic carbocycles. The van der Waals surface area contributed by atoms with Crippen molar-refractivity contribution in [2.24, 2.45) is 0 Å². The molecule has 6 heteroatoms. The Kier molecular flexibility index (Phi) is 6.67. The van der Waals surface area contributed by atoms with Crippen molar-refractivity contribution in [2.45, 2.75) is 32.2 Å². The molecule has 1 aliphatic heterocycles. The van der Waals surface area contributed by atoms with Crippen LogP contribution < -0.4 is 15.0 Å². The Morgan fingerprint density at radius 1 is 1.13 bits per heavy atom. The molecule has 0 spiro atoms. The van der Waals surface area contributed by atoms with Crippen LogP contribution in [0.15, 0.2) is 66.0 Å². The first-order valence-corrected chi connectivity index (χ1v) is 11.5. The standard InChI is InChI=1S/C25H26N2O3S/c1-2-6-18-10-12-19(13-11-18)25(22-9-5-16-31-22)26-23(28)14-15-27-20-7-3-4-8-21(20)30-17-24(27)29/h3-5,7-13,16,25H,2,6,14-15,17H2,1H3,(H,26,28)/t25-/m1/s1. The molecule has 2 amide bonds. The second-order valence-electron chi connectivity index (χ2n) is 7.56. The lowest BCUT2D eigenvalue weighted by Crippen LogP contribution is -2.41. The number of carbonyl (C=O) groups is 2. The number of hydrogen-bond donors (Lipinski definition) is 1. The molecule has 2 heterocycles. The number of anilines is 1. The van der Waals surface area contributed by atoms with Gasteiger partial charge in [0.1, 0.15) is 5.75 Å². The minimum atomic E-state index is -0.198. The number of para-hydroxylation sites is 2. The Morgan fingerprint density at radius 3 is 2.68 bits per heavy atom. The summed E-state index contributed by atoms with van der Waals surface area (Å²) < 4.78 is 5.48. The second-order valence-corrected chi connectivity index (χ2v) is 8.54. The largest absolute Gasteiger partial charge is 0.482 e. The number of nitrogens with zero attached hydrogens (tertiary/aromatic N) is 1. The predicted molar refractivity (Wildman–Crippen MR) is 124 cm³/mol. The van der Waals surface area contributed by atoms with Gasteiger partial charge in [-0.2, -0.15) is 0 Å². The van der Waals surface area contributed by atoms with Crippen LogP contribution in [0.25, 0.3) is 0 Å². The fraction of sp³-hybridized carbons (Fsp3) is 0.280. The summed E-state index contributed by atoms with van der Waals surface area (Å²) in [4.78, 5) is 28.0. The Labute approximate surface area is 186 Å². The maximum absolute atomic E-state index is 12.9. The molecule has 0 bridgehead atoms. The van der Waals surface area contributed by atoms with E-state index in [0.29, 0.717) is 18.0 Å². The van der Waals surface area contributed by atoms with Crippen molar-refractivity contribution in [1.29, 1.82) is 0 Å². The molecule has 0 saturated carbocycles. The fourth-order valence-corrected chi connectivity index (χ4v) is 4.59. The van der Waals surface area contributed by atoms with Crippen molar-refractivity contribution in [3.8, 4) is 5.75 Å². The molecule has 0 radical (unpaired) electrons. The van der Waals surface area contributed by atoms with Crippen LogP contribution in [0.1, 0.15) is 41.8 Å². The summed E-state index contributed by atoms with van der Waals surface area (Å²) in [5.41, 5.74) is 3.07. The minimum absolute atomic E-state index is 0.000557. The second kappa shape index (κ2) is 9.79. The van der Waals surface area contributed by atoms with Crippen LogP contribution in [0.3, 0.4) is 0 Å². The highest BCUT2D eigenvalue weighted by molar-refractivity contribution is 7.10. The molecule has 160 valence electrons. The van der Waals surface area contributed by atoms with E-state index in [9.17, 15) is 9.59 Å². The molecule has 5 nitrogen and oxygen atoms in total. The number of aryl methyl sites for hydroxylation is 1. The van der Waals surface area contributed by atoms with Crippen LogP contribution in [-0.2, 0) is 16.0 Å². The maximum Gasteiger partial charge on any atom is 0.265 e. The summed E-state index contributed by atoms with van der Waals surface area (Å²) in [5, 5.41) is 5.18. The SMILES string of the molecule is CCCc1ccc([C@@H](NC(=O)CCN2C(=O)COc3ccccc32)c2cccs2)cc1. The number of rotatable bonds is 8. The monoisotopic (exact) mass is 434 g/mol. The summed E-state index contributed by atoms with van der Waals surface area (Å²) in [6.45, 7) is 2.48. The number of carbonyl (C=O) groups excluding carboxylic acids is 2. The van der Waals surface area contributed by atoms with Gasteiger partial charge in [0.15, 0.2) is 6.61 Å². The lowest BCUT2D eigenvalue weighted by Gasteiger charge is -2.29. The summed E-state index contributed by atoms with van der Waals surface area (Å²) in [6, 6.07) is 19.7. The van der Waals surface area contributed by atoms with E-state index >= 15 is 0 Å². The van der Waals surface area contributed by atoms with E-state index in [1.165, 1.54) is 5.56 Å². The lowest BCUT2D eigenvalue weighted by atomic mass is 10.0. The number of ether oxygens (including phenoxy) is 1. The fourth-order valence-electron chi connectivity index (χ4n) is 3.79. The Hall–Kier alpha value is -3.12. The molecule has 1 N–H and O–H groups in total. The van der Waals surface area contributed by atoms with Crippen molar-refractivity contribution >= 4 is 28.8 Å². The van der Waals surface area contributed by atoms with E-state index in [0.717, 1.165) is 23.3 Å². The van der Waals surface area contributed by atoms with Crippen molar-refractivity contribution < 1.29 is 14.3 Å². The molecule has 0 saturated heterocycles. The zero-order valence-corrected chi connectivity index (χ0v) is 18.4. The van der Waals surface area contributed by atoms with E-state index in [1.807, 2.05) is 41.8 Å². The van der Waals surface area contributed by atoms with Crippen molar-refractivity contribution in [3.63, 3.8) is 0 Å². The van der Waals surface area contributed by atoms with Crippen molar-refractivity contribution in [2.75, 3.05) is 18.1 Å². The van der Waals surface area contributed by atoms with Crippen LogP contribution >= 0.6 is 11.3 Å². The van der Waals surface area contributed by atoms with Crippen molar-refractivity contribution in [1.82, 2.24) is 5.32 Å². The highest BCUT2D eigenvalue weighted by atomic mass is 32.1. The van der Waals surface area contributed by atoms with Gasteiger partial charge in [0.05, 0.1) is 11.7 Å². The average molecular weight is 435 g/mol. The summed E-state index contributed by atoms with van der Waals surface area (Å²) in [5.74, 6) is 0.451. The third kappa shape index (κ3) is 4.97. The minimum Gasteiger partial charge on any atom is -0.482 e. The zero-order chi connectivity index (χ0) is 21.6. The van der Waals surface area contributed by atoms with E-state index in [2.05, 4.69) is 36.5 Å². The molecule has 1 atom stereocenters. The average Bonchev–Trinajstić information content (AvgIpc) is 3.32. The molecule has 0 unspecified atom stereocenters. The Bertz CT molecular complexity index is 1030. The highest BCUT2D eigenvalue weighted by Gasteiger charge is 2.26. The Morgan fingerprint density at radius 2 is 1.94 bits per heavy atom. The number of nitrogens with one attached hydrogen (secondary N) is 1. The predicted octanol–water partition coefficient (Wildman–Crippen LogP) is 4.72. The van der Waals surface area contributed by atoms with Crippen LogP contribution in [-0.4, -0.2) is 25.0 Å². The van der Waals surface area contributed by atoms with E-state index in [1.54, 1.807) is 16.2 Å². The first-order chi connectivity index (χ1) is 15.2. The first kappa shape index (κ1) is 21.1. The van der Waals surface area contributed by atoms with Gasteiger partial charge < -0.3 is 15.0 Å². The van der Waals surface area contributed by atoms with Crippen LogP contribution in [0.4, 0.5) is 5.69 Å².